The molecule has 1 N–H and O–H groups in total. The molecule has 1 amide bonds. The lowest BCUT2D eigenvalue weighted by atomic mass is 10.0. The van der Waals surface area contributed by atoms with Gasteiger partial charge in [0.05, 0.1) is 16.9 Å². The number of halogens is 4. The van der Waals surface area contributed by atoms with Crippen LogP contribution in [0.5, 0.6) is 0 Å². The number of dihydropyridines is 1. The highest BCUT2D eigenvalue weighted by Gasteiger charge is 2.48. The fraction of sp³-hybridized carbons (Fsp3) is 0.333. The van der Waals surface area contributed by atoms with Crippen LogP contribution in [-0.2, 0) is 9.59 Å². The number of carboxylic acids is 1. The van der Waals surface area contributed by atoms with Crippen molar-refractivity contribution in [1.29, 1.82) is 5.26 Å². The van der Waals surface area contributed by atoms with Gasteiger partial charge in [0.1, 0.15) is 11.1 Å². The first kappa shape index (κ1) is 15.2. The molecule has 0 saturated carbocycles. The second-order valence-corrected chi connectivity index (χ2v) is 4.16. The first-order valence-electron chi connectivity index (χ1n) is 4.51. The van der Waals surface area contributed by atoms with Gasteiger partial charge in [-0.2, -0.15) is 18.4 Å². The van der Waals surface area contributed by atoms with E-state index in [2.05, 4.69) is 4.99 Å². The summed E-state index contributed by atoms with van der Waals surface area (Å²) >= 11 is 0.246. The maximum absolute atomic E-state index is 13.2. The van der Waals surface area contributed by atoms with Crippen molar-refractivity contribution in [3.63, 3.8) is 0 Å². The highest BCUT2D eigenvalue weighted by Crippen LogP contribution is 2.37. The van der Waals surface area contributed by atoms with Gasteiger partial charge in [-0.25, -0.2) is 9.38 Å². The van der Waals surface area contributed by atoms with Crippen LogP contribution in [0.15, 0.2) is 16.1 Å². The van der Waals surface area contributed by atoms with E-state index in [1.165, 1.54) is 0 Å². The summed E-state index contributed by atoms with van der Waals surface area (Å²) in [5.74, 6) is -3.80. The number of alkyl halides is 4. The summed E-state index contributed by atoms with van der Waals surface area (Å²) in [5, 5.41) is 16.3. The van der Waals surface area contributed by atoms with Crippen molar-refractivity contribution in [3.8, 4) is 6.07 Å². The lowest BCUT2D eigenvalue weighted by Crippen LogP contribution is -2.33. The van der Waals surface area contributed by atoms with Gasteiger partial charge in [-0.1, -0.05) is 11.8 Å². The molecule has 0 aromatic heterocycles. The Bertz CT molecular complexity index is 533. The van der Waals surface area contributed by atoms with Gasteiger partial charge < -0.3 is 5.11 Å². The maximum Gasteiger partial charge on any atom is 0.417 e. The number of aliphatic imine (C=N–C) groups is 1. The number of carbonyl (C=O) groups excluding carboxylic acids is 1. The molecule has 102 valence electrons. The van der Waals surface area contributed by atoms with E-state index in [1.807, 2.05) is 0 Å². The van der Waals surface area contributed by atoms with Crippen molar-refractivity contribution in [2.24, 2.45) is 4.99 Å². The Morgan fingerprint density at radius 3 is 2.53 bits per heavy atom. The normalized spacial score (nSPS) is 20.1. The number of aliphatic carboxylic acids is 1. The molecular formula is C9H4F4N2O3S. The molecule has 1 aliphatic rings. The minimum Gasteiger partial charge on any atom is -0.481 e. The fourth-order valence-electron chi connectivity index (χ4n) is 1.21. The molecule has 1 rings (SSSR count). The Kier molecular flexibility index (Phi) is 4.31. The van der Waals surface area contributed by atoms with E-state index < -0.39 is 46.2 Å². The van der Waals surface area contributed by atoms with Crippen LogP contribution >= 0.6 is 11.8 Å². The minimum atomic E-state index is -5.22. The number of carbonyl (C=O) groups is 2. The molecule has 5 nitrogen and oxygen atoms in total. The van der Waals surface area contributed by atoms with E-state index in [0.717, 1.165) is 6.07 Å². The van der Waals surface area contributed by atoms with Crippen LogP contribution < -0.4 is 0 Å². The van der Waals surface area contributed by atoms with Crippen molar-refractivity contribution in [1.82, 2.24) is 0 Å². The Morgan fingerprint density at radius 1 is 1.53 bits per heavy atom. The Morgan fingerprint density at radius 2 is 2.11 bits per heavy atom. The number of rotatable bonds is 2. The Labute approximate surface area is 107 Å². The smallest absolute Gasteiger partial charge is 0.417 e. The van der Waals surface area contributed by atoms with Gasteiger partial charge in [0.25, 0.3) is 5.91 Å². The summed E-state index contributed by atoms with van der Waals surface area (Å²) < 4.78 is 51.0. The predicted molar refractivity (Wildman–Crippen MR) is 56.1 cm³/mol. The van der Waals surface area contributed by atoms with E-state index >= 15 is 0 Å². The molecule has 0 spiro atoms. The molecule has 1 unspecified atom stereocenters. The van der Waals surface area contributed by atoms with Crippen LogP contribution in [0.1, 0.15) is 0 Å². The van der Waals surface area contributed by atoms with Crippen molar-refractivity contribution >= 4 is 28.7 Å². The summed E-state index contributed by atoms with van der Waals surface area (Å²) in [7, 11) is 0. The van der Waals surface area contributed by atoms with Crippen LogP contribution in [0.2, 0.25) is 0 Å². The summed E-state index contributed by atoms with van der Waals surface area (Å²) in [4.78, 5) is 24.3. The highest BCUT2D eigenvalue weighted by atomic mass is 32.2. The quantitative estimate of drug-likeness (QED) is 0.779. The lowest BCUT2D eigenvalue weighted by Gasteiger charge is -2.20. The highest BCUT2D eigenvalue weighted by molar-refractivity contribution is 8.15. The number of carboxylic acid groups (broad SMARTS) is 1. The molecule has 0 aliphatic carbocycles. The molecule has 0 saturated heterocycles. The average molecular weight is 296 g/mol. The lowest BCUT2D eigenvalue weighted by molar-refractivity contribution is -0.134. The standard InChI is InChI=1S/C9H4F4N2O3S/c10-6-5(9(11,12)13)3(1-14)8(15-7(6)18)19-2-4(16)17/h6H,2H2,(H,16,17). The van der Waals surface area contributed by atoms with Crippen LogP contribution in [0, 0.1) is 11.3 Å². The minimum absolute atomic E-state index is 0.246. The van der Waals surface area contributed by atoms with E-state index in [9.17, 15) is 27.2 Å². The molecule has 0 aromatic carbocycles. The number of nitrogens with zero attached hydrogens (tertiary/aromatic N) is 2. The third-order valence-electron chi connectivity index (χ3n) is 1.91. The second kappa shape index (κ2) is 5.40. The molecule has 1 atom stereocenters. The molecule has 19 heavy (non-hydrogen) atoms. The molecule has 0 fully saturated rings. The van der Waals surface area contributed by atoms with Crippen LogP contribution in [0.25, 0.3) is 0 Å². The van der Waals surface area contributed by atoms with Gasteiger partial charge in [0.15, 0.2) is 0 Å². The zero-order valence-electron chi connectivity index (χ0n) is 8.86. The number of amides is 1. The van der Waals surface area contributed by atoms with Gasteiger partial charge in [-0.3, -0.25) is 9.59 Å². The molecule has 0 radical (unpaired) electrons. The average Bonchev–Trinajstić information content (AvgIpc) is 2.27. The second-order valence-electron chi connectivity index (χ2n) is 3.20. The van der Waals surface area contributed by atoms with Gasteiger partial charge in [0.2, 0.25) is 6.17 Å². The van der Waals surface area contributed by atoms with Crippen molar-refractivity contribution < 1.29 is 32.3 Å². The maximum atomic E-state index is 13.2. The summed E-state index contributed by atoms with van der Waals surface area (Å²) in [5.41, 5.74) is -3.10. The van der Waals surface area contributed by atoms with Gasteiger partial charge >= 0.3 is 12.1 Å². The third-order valence-corrected chi connectivity index (χ3v) is 2.87. The van der Waals surface area contributed by atoms with Gasteiger partial charge in [0, 0.05) is 0 Å². The first-order chi connectivity index (χ1) is 8.68. The van der Waals surface area contributed by atoms with E-state index in [4.69, 9.17) is 10.4 Å². The SMILES string of the molecule is N#CC1=C(C(F)(F)F)C(F)C(=O)N=C1SCC(=O)O. The number of thioether (sulfide) groups is 1. The molecule has 0 aromatic rings. The van der Waals surface area contributed by atoms with Crippen LogP contribution in [0.4, 0.5) is 17.6 Å². The number of hydrogen-bond acceptors (Lipinski definition) is 4. The Hall–Kier alpha value is -1.89. The van der Waals surface area contributed by atoms with Gasteiger partial charge in [-0.05, 0) is 0 Å². The topological polar surface area (TPSA) is 90.5 Å². The molecule has 10 heteroatoms. The molecule has 0 bridgehead atoms. The monoisotopic (exact) mass is 296 g/mol. The molecule has 1 heterocycles. The zero-order chi connectivity index (χ0) is 14.8. The summed E-state index contributed by atoms with van der Waals surface area (Å²) in [6, 6.07) is 1.11. The number of nitriles is 1. The van der Waals surface area contributed by atoms with Gasteiger partial charge in [-0.15, -0.1) is 0 Å². The van der Waals surface area contributed by atoms with Crippen LogP contribution in [0.3, 0.4) is 0 Å². The van der Waals surface area contributed by atoms with Crippen molar-refractivity contribution in [3.05, 3.63) is 11.1 Å². The summed E-state index contributed by atoms with van der Waals surface area (Å²) in [6.45, 7) is 0. The predicted octanol–water partition coefficient (Wildman–Crippen LogP) is 1.46. The molecule has 1 aliphatic heterocycles. The van der Waals surface area contributed by atoms with Crippen LogP contribution in [-0.4, -0.2) is 40.1 Å². The van der Waals surface area contributed by atoms with E-state index in [0.29, 0.717) is 0 Å². The fourth-order valence-corrected chi connectivity index (χ4v) is 1.92. The zero-order valence-corrected chi connectivity index (χ0v) is 9.68. The largest absolute Gasteiger partial charge is 0.481 e. The van der Waals surface area contributed by atoms with E-state index in [1.54, 1.807) is 0 Å². The van der Waals surface area contributed by atoms with Crippen molar-refractivity contribution in [2.45, 2.75) is 12.3 Å². The van der Waals surface area contributed by atoms with Crippen molar-refractivity contribution in [2.75, 3.05) is 5.75 Å². The Balaban J connectivity index is 3.28. The number of hydrogen-bond donors (Lipinski definition) is 1. The van der Waals surface area contributed by atoms with E-state index in [-0.39, 0.29) is 11.8 Å². The first-order valence-corrected chi connectivity index (χ1v) is 5.50. The molecular weight excluding hydrogens is 292 g/mol. The summed E-state index contributed by atoms with van der Waals surface area (Å²) in [6.07, 6.45) is -8.28. The third kappa shape index (κ3) is 3.31.